The zero-order chi connectivity index (χ0) is 13.7. The number of anilines is 1. The highest BCUT2D eigenvalue weighted by molar-refractivity contribution is 7.16. The van der Waals surface area contributed by atoms with E-state index in [-0.39, 0.29) is 17.9 Å². The van der Waals surface area contributed by atoms with Gasteiger partial charge in [0.1, 0.15) is 6.61 Å². The third-order valence-electron chi connectivity index (χ3n) is 3.74. The number of carbonyl (C=O) groups excluding carboxylic acids is 1. The number of aliphatic hydroxyl groups excluding tert-OH is 1. The number of amides is 1. The molecule has 1 fully saturated rings. The van der Waals surface area contributed by atoms with Crippen molar-refractivity contribution in [2.75, 3.05) is 11.9 Å². The van der Waals surface area contributed by atoms with Crippen molar-refractivity contribution in [2.24, 2.45) is 5.41 Å². The molecule has 1 aliphatic rings. The summed E-state index contributed by atoms with van der Waals surface area (Å²) in [6.45, 7) is 1.91. The van der Waals surface area contributed by atoms with Crippen LogP contribution < -0.4 is 5.32 Å². The highest BCUT2D eigenvalue weighted by atomic mass is 32.1. The largest absolute Gasteiger partial charge is 0.384 e. The summed E-state index contributed by atoms with van der Waals surface area (Å²) < 4.78 is 0. The van der Waals surface area contributed by atoms with E-state index in [1.165, 1.54) is 11.3 Å². The van der Waals surface area contributed by atoms with Gasteiger partial charge in [0, 0.05) is 5.41 Å². The van der Waals surface area contributed by atoms with Crippen LogP contribution in [0, 0.1) is 17.3 Å². The number of nitrogens with one attached hydrogen (secondary N) is 1. The van der Waals surface area contributed by atoms with E-state index in [1.54, 1.807) is 6.20 Å². The molecule has 2 N–H and O–H groups in total. The van der Waals surface area contributed by atoms with Crippen molar-refractivity contribution in [3.63, 3.8) is 0 Å². The van der Waals surface area contributed by atoms with Crippen LogP contribution in [-0.2, 0) is 4.79 Å². The fourth-order valence-electron chi connectivity index (χ4n) is 2.54. The van der Waals surface area contributed by atoms with Gasteiger partial charge in [-0.2, -0.15) is 0 Å². The summed E-state index contributed by atoms with van der Waals surface area (Å²) in [5.74, 6) is 5.44. The normalized spacial score (nSPS) is 16.7. The van der Waals surface area contributed by atoms with E-state index in [2.05, 4.69) is 29.1 Å². The van der Waals surface area contributed by atoms with Crippen molar-refractivity contribution >= 4 is 22.4 Å². The Hall–Kier alpha value is -1.38. The maximum Gasteiger partial charge on any atom is 0.232 e. The summed E-state index contributed by atoms with van der Waals surface area (Å²) in [6.07, 6.45) is 6.70. The summed E-state index contributed by atoms with van der Waals surface area (Å²) >= 11 is 1.34. The molecule has 4 nitrogen and oxygen atoms in total. The molecule has 19 heavy (non-hydrogen) atoms. The van der Waals surface area contributed by atoms with Crippen LogP contribution in [0.2, 0.25) is 0 Å². The first-order chi connectivity index (χ1) is 9.20. The number of carbonyl (C=O) groups is 1. The van der Waals surface area contributed by atoms with Crippen molar-refractivity contribution in [3.8, 4) is 11.8 Å². The lowest BCUT2D eigenvalue weighted by Crippen LogP contribution is -2.33. The molecular formula is C14H18N2O2S. The van der Waals surface area contributed by atoms with Gasteiger partial charge >= 0.3 is 0 Å². The molecule has 0 atom stereocenters. The van der Waals surface area contributed by atoms with Gasteiger partial charge in [-0.1, -0.05) is 42.9 Å². The van der Waals surface area contributed by atoms with Crippen LogP contribution in [0.4, 0.5) is 5.13 Å². The Morgan fingerprint density at radius 1 is 1.58 bits per heavy atom. The molecule has 0 saturated heterocycles. The summed E-state index contributed by atoms with van der Waals surface area (Å²) in [5.41, 5.74) is -0.206. The Morgan fingerprint density at radius 2 is 2.32 bits per heavy atom. The Bertz CT molecular complexity index is 507. The van der Waals surface area contributed by atoms with Gasteiger partial charge in [-0.25, -0.2) is 4.98 Å². The maximum atomic E-state index is 12.4. The predicted molar refractivity (Wildman–Crippen MR) is 75.9 cm³/mol. The molecule has 1 aromatic rings. The van der Waals surface area contributed by atoms with Crippen LogP contribution >= 0.6 is 11.3 Å². The maximum absolute atomic E-state index is 12.4. The van der Waals surface area contributed by atoms with Gasteiger partial charge in [-0.05, 0) is 19.3 Å². The van der Waals surface area contributed by atoms with Crippen molar-refractivity contribution < 1.29 is 9.90 Å². The Labute approximate surface area is 117 Å². The van der Waals surface area contributed by atoms with Crippen LogP contribution in [0.1, 0.15) is 43.9 Å². The van der Waals surface area contributed by atoms with E-state index in [0.29, 0.717) is 5.13 Å². The van der Waals surface area contributed by atoms with Crippen molar-refractivity contribution in [2.45, 2.75) is 39.0 Å². The minimum absolute atomic E-state index is 0.0866. The number of hydrogen-bond donors (Lipinski definition) is 2. The fraction of sp³-hybridized carbons (Fsp3) is 0.571. The third kappa shape index (κ3) is 3.14. The van der Waals surface area contributed by atoms with Gasteiger partial charge in [-0.3, -0.25) is 4.79 Å². The van der Waals surface area contributed by atoms with E-state index < -0.39 is 0 Å². The first-order valence-electron chi connectivity index (χ1n) is 6.57. The molecule has 0 spiro atoms. The Morgan fingerprint density at radius 3 is 2.95 bits per heavy atom. The zero-order valence-corrected chi connectivity index (χ0v) is 11.8. The van der Waals surface area contributed by atoms with E-state index >= 15 is 0 Å². The lowest BCUT2D eigenvalue weighted by molar-refractivity contribution is -0.125. The quantitative estimate of drug-likeness (QED) is 0.835. The van der Waals surface area contributed by atoms with Gasteiger partial charge in [0.25, 0.3) is 0 Å². The van der Waals surface area contributed by atoms with Crippen LogP contribution in [0.3, 0.4) is 0 Å². The molecule has 1 heterocycles. The number of hydrogen-bond acceptors (Lipinski definition) is 4. The third-order valence-corrected chi connectivity index (χ3v) is 4.56. The highest BCUT2D eigenvalue weighted by Gasteiger charge is 2.39. The number of nitrogens with zero attached hydrogens (tertiary/aromatic N) is 1. The van der Waals surface area contributed by atoms with Crippen molar-refractivity contribution in [1.29, 1.82) is 0 Å². The molecule has 102 valence electrons. The SMILES string of the molecule is CCC1(C(=O)Nc2ncc(C#CCO)s2)CCCC1. The molecular weight excluding hydrogens is 260 g/mol. The second-order valence-electron chi connectivity index (χ2n) is 4.78. The number of thiazole rings is 1. The Kier molecular flexibility index (Phi) is 4.56. The summed E-state index contributed by atoms with van der Waals surface area (Å²) in [6, 6.07) is 0. The molecule has 1 aromatic heterocycles. The van der Waals surface area contributed by atoms with Gasteiger partial charge in [0.2, 0.25) is 5.91 Å². The minimum atomic E-state index is -0.206. The first-order valence-corrected chi connectivity index (χ1v) is 7.39. The Balaban J connectivity index is 2.04. The molecule has 0 aliphatic heterocycles. The molecule has 2 rings (SSSR count). The van der Waals surface area contributed by atoms with Crippen LogP contribution in [-0.4, -0.2) is 22.6 Å². The monoisotopic (exact) mass is 278 g/mol. The lowest BCUT2D eigenvalue weighted by atomic mass is 9.82. The molecule has 0 unspecified atom stereocenters. The average molecular weight is 278 g/mol. The number of rotatable bonds is 3. The topological polar surface area (TPSA) is 62.2 Å². The van der Waals surface area contributed by atoms with Crippen LogP contribution in [0.15, 0.2) is 6.20 Å². The second kappa shape index (κ2) is 6.18. The summed E-state index contributed by atoms with van der Waals surface area (Å²) in [7, 11) is 0. The molecule has 0 radical (unpaired) electrons. The number of aromatic nitrogens is 1. The molecule has 5 heteroatoms. The van der Waals surface area contributed by atoms with Gasteiger partial charge in [-0.15, -0.1) is 0 Å². The van der Waals surface area contributed by atoms with Gasteiger partial charge < -0.3 is 10.4 Å². The van der Waals surface area contributed by atoms with E-state index in [9.17, 15) is 4.79 Å². The molecule has 0 aromatic carbocycles. The van der Waals surface area contributed by atoms with Crippen LogP contribution in [0.25, 0.3) is 0 Å². The summed E-state index contributed by atoms with van der Waals surface area (Å²) in [4.78, 5) is 17.3. The lowest BCUT2D eigenvalue weighted by Gasteiger charge is -2.25. The standard InChI is InChI=1S/C14H18N2O2S/c1-2-14(7-3-4-8-14)12(18)16-13-15-10-11(19-13)6-5-9-17/h10,17H,2-4,7-9H2,1H3,(H,15,16,18). The van der Waals surface area contributed by atoms with E-state index in [4.69, 9.17) is 5.11 Å². The van der Waals surface area contributed by atoms with Crippen LogP contribution in [0.5, 0.6) is 0 Å². The summed E-state index contributed by atoms with van der Waals surface area (Å²) in [5, 5.41) is 12.1. The fourth-order valence-corrected chi connectivity index (χ4v) is 3.23. The van der Waals surface area contributed by atoms with E-state index in [1.807, 2.05) is 0 Å². The molecule has 1 aliphatic carbocycles. The second-order valence-corrected chi connectivity index (χ2v) is 5.82. The minimum Gasteiger partial charge on any atom is -0.384 e. The van der Waals surface area contributed by atoms with Gasteiger partial charge in [0.05, 0.1) is 11.1 Å². The molecule has 1 amide bonds. The molecule has 1 saturated carbocycles. The zero-order valence-electron chi connectivity index (χ0n) is 11.0. The van der Waals surface area contributed by atoms with Crippen molar-refractivity contribution in [3.05, 3.63) is 11.1 Å². The predicted octanol–water partition coefficient (Wildman–Crippen LogP) is 2.40. The smallest absolute Gasteiger partial charge is 0.232 e. The first kappa shape index (κ1) is 14.0. The number of aliphatic hydroxyl groups is 1. The van der Waals surface area contributed by atoms with E-state index in [0.717, 1.165) is 37.0 Å². The van der Waals surface area contributed by atoms with Gasteiger partial charge in [0.15, 0.2) is 5.13 Å². The highest BCUT2D eigenvalue weighted by Crippen LogP contribution is 2.42. The average Bonchev–Trinajstić information content (AvgIpc) is 3.06. The molecule has 0 bridgehead atoms. The van der Waals surface area contributed by atoms with Crippen molar-refractivity contribution in [1.82, 2.24) is 4.98 Å².